The second-order valence-corrected chi connectivity index (χ2v) is 6.85. The number of hydrogen-bond donors (Lipinski definition) is 2. The predicted molar refractivity (Wildman–Crippen MR) is 104 cm³/mol. The maximum absolute atomic E-state index is 9.80. The fourth-order valence-corrected chi connectivity index (χ4v) is 3.37. The molecule has 9 heteroatoms. The molecule has 1 atom stereocenters. The lowest BCUT2D eigenvalue weighted by Gasteiger charge is -2.17. The van der Waals surface area contributed by atoms with Crippen molar-refractivity contribution in [2.45, 2.75) is 26.4 Å². The van der Waals surface area contributed by atoms with E-state index < -0.39 is 0 Å². The first-order valence-corrected chi connectivity index (χ1v) is 8.98. The molecular weight excluding hydrogens is 356 g/mol. The molecule has 0 spiro atoms. The smallest absolute Gasteiger partial charge is 0.253 e. The molecule has 4 heterocycles. The van der Waals surface area contributed by atoms with Gasteiger partial charge in [0.05, 0.1) is 17.5 Å². The summed E-state index contributed by atoms with van der Waals surface area (Å²) in [7, 11) is 0. The lowest BCUT2D eigenvalue weighted by molar-refractivity contribution is 0.198. The minimum Gasteiger partial charge on any atom is -0.391 e. The summed E-state index contributed by atoms with van der Waals surface area (Å²) in [5.74, 6) is 1.10. The number of hydrogen-bond acceptors (Lipinski definition) is 8. The molecule has 1 saturated heterocycles. The van der Waals surface area contributed by atoms with Gasteiger partial charge in [-0.15, -0.1) is 0 Å². The Labute approximate surface area is 162 Å². The van der Waals surface area contributed by atoms with Crippen molar-refractivity contribution in [2.24, 2.45) is 0 Å². The van der Waals surface area contributed by atoms with Crippen LogP contribution in [0.3, 0.4) is 0 Å². The van der Waals surface area contributed by atoms with Crippen LogP contribution in [0.1, 0.15) is 23.4 Å². The molecule has 1 fully saturated rings. The second kappa shape index (κ2) is 6.90. The fourth-order valence-electron chi connectivity index (χ4n) is 3.37. The Morgan fingerprint density at radius 3 is 2.71 bits per heavy atom. The van der Waals surface area contributed by atoms with Crippen molar-refractivity contribution in [3.63, 3.8) is 0 Å². The average molecular weight is 376 g/mol. The van der Waals surface area contributed by atoms with Crippen molar-refractivity contribution in [3.8, 4) is 23.4 Å². The van der Waals surface area contributed by atoms with E-state index >= 15 is 0 Å². The Morgan fingerprint density at radius 2 is 2.07 bits per heavy atom. The van der Waals surface area contributed by atoms with E-state index in [4.69, 9.17) is 5.73 Å². The molecule has 0 aromatic carbocycles. The standard InChI is InChI=1S/C19H20N8O/c1-11-8-12(2)27(25-11)19-23-17(14(9-20)18(21)24-19)15-4-3-5-16(22-15)26-7-6-13(28)10-26/h3-5,8,13,28H,6-7,10H2,1-2H3,(H2,21,23,24)/t13-/m0/s1. The minimum absolute atomic E-state index is 0.0823. The van der Waals surface area contributed by atoms with E-state index in [0.29, 0.717) is 30.3 Å². The van der Waals surface area contributed by atoms with Crippen molar-refractivity contribution in [2.75, 3.05) is 23.7 Å². The molecule has 4 rings (SSSR count). The number of nitrogens with zero attached hydrogens (tertiary/aromatic N) is 7. The number of nitrogen functional groups attached to an aromatic ring is 1. The van der Waals surface area contributed by atoms with Gasteiger partial charge in [0, 0.05) is 18.8 Å². The van der Waals surface area contributed by atoms with Gasteiger partial charge in [0.25, 0.3) is 5.95 Å². The van der Waals surface area contributed by atoms with Crippen LogP contribution in [-0.2, 0) is 0 Å². The molecule has 0 bridgehead atoms. The number of aliphatic hydroxyl groups is 1. The number of pyridine rings is 1. The predicted octanol–water partition coefficient (Wildman–Crippen LogP) is 1.37. The second-order valence-electron chi connectivity index (χ2n) is 6.85. The van der Waals surface area contributed by atoms with E-state index in [-0.39, 0.29) is 17.5 Å². The van der Waals surface area contributed by atoms with Crippen molar-refractivity contribution in [1.29, 1.82) is 5.26 Å². The third kappa shape index (κ3) is 3.14. The summed E-state index contributed by atoms with van der Waals surface area (Å²) in [5, 5.41) is 23.8. The number of β-amino-alcohol motifs (C(OH)–C–C–N with tert-alkyl or cyclic N) is 1. The third-order valence-electron chi connectivity index (χ3n) is 4.70. The first-order valence-electron chi connectivity index (χ1n) is 8.98. The van der Waals surface area contributed by atoms with Crippen molar-refractivity contribution in [1.82, 2.24) is 24.7 Å². The summed E-state index contributed by atoms with van der Waals surface area (Å²) < 4.78 is 1.59. The lowest BCUT2D eigenvalue weighted by atomic mass is 10.1. The van der Waals surface area contributed by atoms with E-state index in [1.54, 1.807) is 10.7 Å². The molecule has 0 amide bonds. The molecule has 28 heavy (non-hydrogen) atoms. The zero-order valence-electron chi connectivity index (χ0n) is 15.7. The molecule has 142 valence electrons. The van der Waals surface area contributed by atoms with Gasteiger partial charge in [0.1, 0.15) is 29.0 Å². The number of anilines is 2. The largest absolute Gasteiger partial charge is 0.391 e. The Bertz CT molecular complexity index is 1080. The zero-order valence-corrected chi connectivity index (χ0v) is 15.7. The Hall–Kier alpha value is -3.51. The van der Waals surface area contributed by atoms with Crippen molar-refractivity contribution in [3.05, 3.63) is 41.2 Å². The molecule has 0 unspecified atom stereocenters. The van der Waals surface area contributed by atoms with E-state index in [1.165, 1.54) is 0 Å². The van der Waals surface area contributed by atoms with Crippen LogP contribution in [0, 0.1) is 25.2 Å². The maximum Gasteiger partial charge on any atom is 0.253 e. The van der Waals surface area contributed by atoms with Crippen molar-refractivity contribution >= 4 is 11.6 Å². The van der Waals surface area contributed by atoms with Crippen LogP contribution in [0.5, 0.6) is 0 Å². The van der Waals surface area contributed by atoms with Crippen LogP contribution < -0.4 is 10.6 Å². The number of nitrogens with two attached hydrogens (primary N) is 1. The molecule has 0 radical (unpaired) electrons. The summed E-state index contributed by atoms with van der Waals surface area (Å²) >= 11 is 0. The summed E-state index contributed by atoms with van der Waals surface area (Å²) in [6.45, 7) is 5.04. The molecule has 9 nitrogen and oxygen atoms in total. The average Bonchev–Trinajstić information content (AvgIpc) is 3.26. The topological polar surface area (TPSA) is 130 Å². The van der Waals surface area contributed by atoms with Crippen LogP contribution in [-0.4, -0.2) is 49.0 Å². The van der Waals surface area contributed by atoms with Gasteiger partial charge in [-0.2, -0.15) is 15.3 Å². The normalized spacial score (nSPS) is 16.4. The fraction of sp³-hybridized carbons (Fsp3) is 0.316. The van der Waals surface area contributed by atoms with Gasteiger partial charge >= 0.3 is 0 Å². The van der Waals surface area contributed by atoms with Gasteiger partial charge in [0.2, 0.25) is 0 Å². The molecular formula is C19H20N8O. The first-order chi connectivity index (χ1) is 13.5. The van der Waals surface area contributed by atoms with E-state index in [0.717, 1.165) is 23.8 Å². The molecule has 3 aromatic rings. The molecule has 0 saturated carbocycles. The minimum atomic E-state index is -0.354. The third-order valence-corrected chi connectivity index (χ3v) is 4.70. The number of rotatable bonds is 3. The lowest BCUT2D eigenvalue weighted by Crippen LogP contribution is -2.22. The van der Waals surface area contributed by atoms with Crippen LogP contribution in [0.25, 0.3) is 17.3 Å². The van der Waals surface area contributed by atoms with Crippen LogP contribution in [0.2, 0.25) is 0 Å². The molecule has 3 N–H and O–H groups in total. The highest BCUT2D eigenvalue weighted by atomic mass is 16.3. The molecule has 1 aliphatic rings. The summed E-state index contributed by atoms with van der Waals surface area (Å²) in [6, 6.07) is 9.50. The van der Waals surface area contributed by atoms with Crippen LogP contribution in [0.15, 0.2) is 24.3 Å². The summed E-state index contributed by atoms with van der Waals surface area (Å²) in [5.41, 5.74) is 8.81. The monoisotopic (exact) mass is 376 g/mol. The Balaban J connectivity index is 1.83. The summed E-state index contributed by atoms with van der Waals surface area (Å²) in [6.07, 6.45) is 0.352. The number of aliphatic hydroxyl groups excluding tert-OH is 1. The van der Waals surface area contributed by atoms with Crippen LogP contribution in [0.4, 0.5) is 11.6 Å². The number of aryl methyl sites for hydroxylation is 2. The van der Waals surface area contributed by atoms with Gasteiger partial charge in [-0.25, -0.2) is 14.6 Å². The Morgan fingerprint density at radius 1 is 1.25 bits per heavy atom. The Kier molecular flexibility index (Phi) is 4.41. The van der Waals surface area contributed by atoms with E-state index in [1.807, 2.05) is 36.9 Å². The quantitative estimate of drug-likeness (QED) is 0.701. The highest BCUT2D eigenvalue weighted by Gasteiger charge is 2.23. The van der Waals surface area contributed by atoms with Gasteiger partial charge in [0.15, 0.2) is 0 Å². The van der Waals surface area contributed by atoms with Gasteiger partial charge < -0.3 is 15.7 Å². The van der Waals surface area contributed by atoms with Gasteiger partial charge in [-0.3, -0.25) is 0 Å². The number of nitriles is 1. The highest BCUT2D eigenvalue weighted by Crippen LogP contribution is 2.27. The molecule has 1 aliphatic heterocycles. The van der Waals surface area contributed by atoms with Crippen molar-refractivity contribution < 1.29 is 5.11 Å². The zero-order chi connectivity index (χ0) is 19.8. The van der Waals surface area contributed by atoms with Crippen LogP contribution >= 0.6 is 0 Å². The number of aromatic nitrogens is 5. The highest BCUT2D eigenvalue weighted by molar-refractivity contribution is 5.71. The maximum atomic E-state index is 9.80. The van der Waals surface area contributed by atoms with E-state index in [2.05, 4.69) is 26.1 Å². The van der Waals surface area contributed by atoms with E-state index in [9.17, 15) is 10.4 Å². The molecule has 0 aliphatic carbocycles. The van der Waals surface area contributed by atoms with Gasteiger partial charge in [-0.05, 0) is 38.5 Å². The van der Waals surface area contributed by atoms with Gasteiger partial charge in [-0.1, -0.05) is 6.07 Å². The summed E-state index contributed by atoms with van der Waals surface area (Å²) in [4.78, 5) is 15.5. The molecule has 3 aromatic heterocycles. The SMILES string of the molecule is Cc1cc(C)n(-c2nc(N)c(C#N)c(-c3cccc(N4CC[C@H](O)C4)n3)n2)n1. The first kappa shape index (κ1) is 17.9.